The average Bonchev–Trinajstić information content (AvgIpc) is 2.67. The summed E-state index contributed by atoms with van der Waals surface area (Å²) in [5.74, 6) is 0.782. The number of benzene rings is 1. The molecule has 0 nitrogen and oxygen atoms in total. The molecule has 0 saturated heterocycles. The Morgan fingerprint density at radius 3 is 3.13 bits per heavy atom. The summed E-state index contributed by atoms with van der Waals surface area (Å²) in [6, 6.07) is 6.87. The molecule has 1 aromatic rings. The molecular weight excluding hydrogens is 180 g/mol. The van der Waals surface area contributed by atoms with Crippen LogP contribution in [0.5, 0.6) is 0 Å². The van der Waals surface area contributed by atoms with Gasteiger partial charge in [0.05, 0.1) is 0 Å². The highest BCUT2D eigenvalue weighted by atomic mass is 14.3. The lowest BCUT2D eigenvalue weighted by molar-refractivity contribution is 0.631. The monoisotopic (exact) mass is 198 g/mol. The van der Waals surface area contributed by atoms with Crippen LogP contribution in [0.4, 0.5) is 0 Å². The maximum Gasteiger partial charge on any atom is 0.00571 e. The number of allylic oxidation sites excluding steroid dienone is 2. The van der Waals surface area contributed by atoms with Crippen LogP contribution >= 0.6 is 0 Å². The first-order chi connectivity index (χ1) is 7.40. The maximum atomic E-state index is 2.49. The van der Waals surface area contributed by atoms with E-state index in [-0.39, 0.29) is 0 Å². The largest absolute Gasteiger partial charge is 0.0844 e. The number of hydrogen-bond donors (Lipinski definition) is 0. The molecule has 1 atom stereocenters. The van der Waals surface area contributed by atoms with E-state index < -0.39 is 0 Å². The van der Waals surface area contributed by atoms with Crippen molar-refractivity contribution < 1.29 is 0 Å². The normalized spacial score (nSPS) is 23.3. The van der Waals surface area contributed by atoms with Gasteiger partial charge in [-0.1, -0.05) is 36.8 Å². The van der Waals surface area contributed by atoms with Gasteiger partial charge in [0.15, 0.2) is 0 Å². The fraction of sp³-hybridized carbons (Fsp3) is 0.467. The molecular formula is C15H18. The van der Waals surface area contributed by atoms with Gasteiger partial charge < -0.3 is 0 Å². The minimum atomic E-state index is 0.782. The topological polar surface area (TPSA) is 0 Å². The van der Waals surface area contributed by atoms with E-state index >= 15 is 0 Å². The molecule has 0 spiro atoms. The molecule has 0 saturated carbocycles. The molecule has 0 bridgehead atoms. The second kappa shape index (κ2) is 3.52. The number of hydrogen-bond acceptors (Lipinski definition) is 0. The van der Waals surface area contributed by atoms with Gasteiger partial charge in [-0.3, -0.25) is 0 Å². The fourth-order valence-corrected chi connectivity index (χ4v) is 3.26. The van der Waals surface area contributed by atoms with Crippen molar-refractivity contribution in [3.63, 3.8) is 0 Å². The standard InChI is InChI=1S/C15H18/c1-2-11-7-5-8-13-10-12-6-3-4-9-14(12)15(11)13/h5-8,14H,2-4,9-10H2,1H3. The first-order valence-corrected chi connectivity index (χ1v) is 6.19. The summed E-state index contributed by atoms with van der Waals surface area (Å²) >= 11 is 0. The predicted octanol–water partition coefficient (Wildman–Crippen LogP) is 4.00. The van der Waals surface area contributed by atoms with Crippen molar-refractivity contribution in [3.05, 3.63) is 46.5 Å². The minimum Gasteiger partial charge on any atom is -0.0844 e. The Bertz CT molecular complexity index is 412. The third-order valence-corrected chi connectivity index (χ3v) is 3.96. The van der Waals surface area contributed by atoms with E-state index in [1.54, 1.807) is 22.3 Å². The van der Waals surface area contributed by atoms with Crippen LogP contribution < -0.4 is 0 Å². The summed E-state index contributed by atoms with van der Waals surface area (Å²) in [5.41, 5.74) is 6.58. The molecule has 1 aromatic carbocycles. The summed E-state index contributed by atoms with van der Waals surface area (Å²) in [6.45, 7) is 2.28. The molecule has 0 aromatic heterocycles. The van der Waals surface area contributed by atoms with Gasteiger partial charge in [0.2, 0.25) is 0 Å². The van der Waals surface area contributed by atoms with Gasteiger partial charge >= 0.3 is 0 Å². The summed E-state index contributed by atoms with van der Waals surface area (Å²) in [5, 5.41) is 0. The van der Waals surface area contributed by atoms with Crippen LogP contribution in [0.15, 0.2) is 29.8 Å². The molecule has 15 heavy (non-hydrogen) atoms. The van der Waals surface area contributed by atoms with Crippen molar-refractivity contribution in [1.82, 2.24) is 0 Å². The predicted molar refractivity (Wildman–Crippen MR) is 64.2 cm³/mol. The molecule has 0 heteroatoms. The molecule has 0 N–H and O–H groups in total. The van der Waals surface area contributed by atoms with Crippen molar-refractivity contribution in [2.24, 2.45) is 0 Å². The van der Waals surface area contributed by atoms with E-state index in [1.807, 2.05) is 0 Å². The van der Waals surface area contributed by atoms with Gasteiger partial charge in [-0.15, -0.1) is 0 Å². The highest BCUT2D eigenvalue weighted by Gasteiger charge is 2.29. The van der Waals surface area contributed by atoms with Gasteiger partial charge in [0.25, 0.3) is 0 Å². The lowest BCUT2D eigenvalue weighted by atomic mass is 9.85. The Hall–Kier alpha value is -1.04. The molecule has 0 fully saturated rings. The van der Waals surface area contributed by atoms with E-state index in [4.69, 9.17) is 0 Å². The average molecular weight is 198 g/mol. The van der Waals surface area contributed by atoms with Crippen LogP contribution in [0.3, 0.4) is 0 Å². The fourth-order valence-electron chi connectivity index (χ4n) is 3.26. The first kappa shape index (κ1) is 9.21. The van der Waals surface area contributed by atoms with Gasteiger partial charge in [0.1, 0.15) is 0 Å². The molecule has 0 heterocycles. The number of fused-ring (bicyclic) bond motifs is 3. The van der Waals surface area contributed by atoms with Crippen LogP contribution in [0.25, 0.3) is 0 Å². The zero-order chi connectivity index (χ0) is 10.3. The van der Waals surface area contributed by atoms with E-state index in [2.05, 4.69) is 31.2 Å². The highest BCUT2D eigenvalue weighted by molar-refractivity contribution is 5.50. The summed E-state index contributed by atoms with van der Waals surface area (Å²) in [4.78, 5) is 0. The van der Waals surface area contributed by atoms with E-state index in [1.165, 1.54) is 32.1 Å². The van der Waals surface area contributed by atoms with E-state index in [0.717, 1.165) is 5.92 Å². The van der Waals surface area contributed by atoms with Crippen molar-refractivity contribution >= 4 is 0 Å². The van der Waals surface area contributed by atoms with Crippen LogP contribution in [0.2, 0.25) is 0 Å². The molecule has 0 radical (unpaired) electrons. The second-order valence-electron chi connectivity index (χ2n) is 4.78. The van der Waals surface area contributed by atoms with Gasteiger partial charge in [-0.05, 0) is 48.8 Å². The van der Waals surface area contributed by atoms with E-state index in [0.29, 0.717) is 0 Å². The van der Waals surface area contributed by atoms with Crippen molar-refractivity contribution in [2.45, 2.75) is 44.9 Å². The van der Waals surface area contributed by atoms with Crippen molar-refractivity contribution in [3.8, 4) is 0 Å². The van der Waals surface area contributed by atoms with Crippen molar-refractivity contribution in [2.75, 3.05) is 0 Å². The number of rotatable bonds is 1. The summed E-state index contributed by atoms with van der Waals surface area (Å²) in [6.07, 6.45) is 8.98. The van der Waals surface area contributed by atoms with Gasteiger partial charge in [0, 0.05) is 5.92 Å². The molecule has 0 aliphatic heterocycles. The summed E-state index contributed by atoms with van der Waals surface area (Å²) < 4.78 is 0. The number of aryl methyl sites for hydroxylation is 1. The molecule has 3 rings (SSSR count). The van der Waals surface area contributed by atoms with Gasteiger partial charge in [-0.2, -0.15) is 0 Å². The molecule has 78 valence electrons. The van der Waals surface area contributed by atoms with Crippen molar-refractivity contribution in [1.29, 1.82) is 0 Å². The third kappa shape index (κ3) is 1.35. The summed E-state index contributed by atoms with van der Waals surface area (Å²) in [7, 11) is 0. The maximum absolute atomic E-state index is 2.49. The van der Waals surface area contributed by atoms with Crippen LogP contribution in [0.1, 0.15) is 48.8 Å². The van der Waals surface area contributed by atoms with Crippen LogP contribution in [0, 0.1) is 0 Å². The third-order valence-electron chi connectivity index (χ3n) is 3.96. The Labute approximate surface area is 92.0 Å². The first-order valence-electron chi connectivity index (χ1n) is 6.19. The Kier molecular flexibility index (Phi) is 2.16. The molecule has 2 aliphatic carbocycles. The molecule has 1 unspecified atom stereocenters. The molecule has 0 amide bonds. The lowest BCUT2D eigenvalue weighted by Gasteiger charge is -2.20. The Morgan fingerprint density at radius 1 is 1.33 bits per heavy atom. The Morgan fingerprint density at radius 2 is 2.27 bits per heavy atom. The quantitative estimate of drug-likeness (QED) is 0.598. The zero-order valence-corrected chi connectivity index (χ0v) is 9.42. The van der Waals surface area contributed by atoms with E-state index in [9.17, 15) is 0 Å². The Balaban J connectivity index is 2.13. The van der Waals surface area contributed by atoms with Gasteiger partial charge in [-0.25, -0.2) is 0 Å². The highest BCUT2D eigenvalue weighted by Crippen LogP contribution is 2.44. The molecule has 2 aliphatic rings. The van der Waals surface area contributed by atoms with Crippen LogP contribution in [-0.2, 0) is 12.8 Å². The minimum absolute atomic E-state index is 0.782. The lowest BCUT2D eigenvalue weighted by Crippen LogP contribution is -2.03. The SMILES string of the molecule is CCc1cccc2c1C1CCCC=C1C2. The smallest absolute Gasteiger partial charge is 0.00571 e. The van der Waals surface area contributed by atoms with Crippen LogP contribution in [-0.4, -0.2) is 0 Å². The second-order valence-corrected chi connectivity index (χ2v) is 4.78. The zero-order valence-electron chi connectivity index (χ0n) is 9.42.